The van der Waals surface area contributed by atoms with Crippen LogP contribution in [0.3, 0.4) is 0 Å². The van der Waals surface area contributed by atoms with Gasteiger partial charge in [-0.15, -0.1) is 0 Å². The number of hydrogen-bond acceptors (Lipinski definition) is 5. The molecule has 1 fully saturated rings. The molecule has 2 amide bonds. The summed E-state index contributed by atoms with van der Waals surface area (Å²) in [6.45, 7) is 3.12. The van der Waals surface area contributed by atoms with Gasteiger partial charge in [0.1, 0.15) is 5.69 Å². The Morgan fingerprint density at radius 3 is 2.79 bits per heavy atom. The highest BCUT2D eigenvalue weighted by atomic mass is 35.5. The van der Waals surface area contributed by atoms with Gasteiger partial charge in [0.05, 0.1) is 10.7 Å². The number of amides is 2. The number of carbonyl (C=O) groups is 1. The number of urea groups is 1. The lowest BCUT2D eigenvalue weighted by molar-refractivity contribution is 0.187. The monoisotopic (exact) mass is 431 g/mol. The zero-order valence-electron chi connectivity index (χ0n) is 15.7. The van der Waals surface area contributed by atoms with Gasteiger partial charge in [-0.25, -0.2) is 4.79 Å². The lowest BCUT2D eigenvalue weighted by Crippen LogP contribution is -2.40. The van der Waals surface area contributed by atoms with E-state index < -0.39 is 0 Å². The second kappa shape index (κ2) is 8.39. The lowest BCUT2D eigenvalue weighted by atomic mass is 9.97. The number of rotatable bonds is 3. The fourth-order valence-electron chi connectivity index (χ4n) is 3.33. The van der Waals surface area contributed by atoms with Gasteiger partial charge in [0, 0.05) is 30.2 Å². The molecule has 3 aromatic rings. The van der Waals surface area contributed by atoms with Crippen LogP contribution < -0.4 is 5.32 Å². The number of likely N-dealkylation sites (tertiary alicyclic amines) is 1. The Morgan fingerprint density at radius 1 is 1.24 bits per heavy atom. The van der Waals surface area contributed by atoms with Crippen molar-refractivity contribution in [2.24, 2.45) is 0 Å². The van der Waals surface area contributed by atoms with E-state index in [1.165, 1.54) is 0 Å². The molecule has 0 aliphatic carbocycles. The summed E-state index contributed by atoms with van der Waals surface area (Å²) in [4.78, 5) is 23.2. The van der Waals surface area contributed by atoms with E-state index in [2.05, 4.69) is 20.4 Å². The Morgan fingerprint density at radius 2 is 2.03 bits per heavy atom. The smallest absolute Gasteiger partial charge is 0.321 e. The molecule has 1 aliphatic rings. The highest BCUT2D eigenvalue weighted by molar-refractivity contribution is 6.35. The molecule has 0 spiro atoms. The molecule has 0 atom stereocenters. The minimum Gasteiger partial charge on any atom is -0.339 e. The fraction of sp³-hybridized carbons (Fsp3) is 0.300. The van der Waals surface area contributed by atoms with Crippen LogP contribution in [0.5, 0.6) is 0 Å². The van der Waals surface area contributed by atoms with Crippen LogP contribution in [-0.4, -0.2) is 39.1 Å². The third kappa shape index (κ3) is 4.36. The van der Waals surface area contributed by atoms with Crippen molar-refractivity contribution in [3.8, 4) is 11.5 Å². The van der Waals surface area contributed by atoms with Gasteiger partial charge in [-0.1, -0.05) is 34.4 Å². The van der Waals surface area contributed by atoms with E-state index in [9.17, 15) is 4.79 Å². The molecule has 0 bridgehead atoms. The van der Waals surface area contributed by atoms with Crippen molar-refractivity contribution in [3.63, 3.8) is 0 Å². The molecule has 1 saturated heterocycles. The molecule has 2 aromatic heterocycles. The van der Waals surface area contributed by atoms with Crippen LogP contribution in [0.15, 0.2) is 41.1 Å². The van der Waals surface area contributed by atoms with Crippen LogP contribution in [0.4, 0.5) is 10.5 Å². The van der Waals surface area contributed by atoms with Gasteiger partial charge in [0.25, 0.3) is 0 Å². The Hall–Kier alpha value is -2.64. The topological polar surface area (TPSA) is 84.2 Å². The predicted octanol–water partition coefficient (Wildman–Crippen LogP) is 5.16. The number of hydrogen-bond donors (Lipinski definition) is 1. The molecule has 7 nitrogen and oxygen atoms in total. The van der Waals surface area contributed by atoms with Gasteiger partial charge in [-0.05, 0) is 49.6 Å². The molecule has 1 aliphatic heterocycles. The average Bonchev–Trinajstić information content (AvgIpc) is 3.21. The Bertz CT molecular complexity index is 1030. The quantitative estimate of drug-likeness (QED) is 0.618. The largest absolute Gasteiger partial charge is 0.339 e. The van der Waals surface area contributed by atoms with Crippen LogP contribution in [0.25, 0.3) is 11.5 Å². The number of benzene rings is 1. The maximum absolute atomic E-state index is 12.6. The summed E-state index contributed by atoms with van der Waals surface area (Å²) >= 11 is 12.1. The van der Waals surface area contributed by atoms with Crippen LogP contribution in [0.1, 0.15) is 30.2 Å². The first-order valence-corrected chi connectivity index (χ1v) is 10.0. The average molecular weight is 432 g/mol. The highest BCUT2D eigenvalue weighted by Gasteiger charge is 2.28. The van der Waals surface area contributed by atoms with Crippen LogP contribution in [0.2, 0.25) is 10.0 Å². The van der Waals surface area contributed by atoms with E-state index in [1.54, 1.807) is 29.3 Å². The molecule has 3 heterocycles. The molecule has 1 N–H and O–H groups in total. The molecule has 150 valence electrons. The molecule has 1 aromatic carbocycles. The van der Waals surface area contributed by atoms with Gasteiger partial charge in [0.2, 0.25) is 11.7 Å². The first-order valence-electron chi connectivity index (χ1n) is 9.28. The van der Waals surface area contributed by atoms with E-state index in [-0.39, 0.29) is 11.9 Å². The summed E-state index contributed by atoms with van der Waals surface area (Å²) in [5, 5.41) is 7.86. The number of aryl methyl sites for hydroxylation is 1. The van der Waals surface area contributed by atoms with Gasteiger partial charge in [0.15, 0.2) is 0 Å². The van der Waals surface area contributed by atoms with Crippen molar-refractivity contribution in [1.82, 2.24) is 20.0 Å². The van der Waals surface area contributed by atoms with Gasteiger partial charge in [-0.3, -0.25) is 4.98 Å². The van der Waals surface area contributed by atoms with Gasteiger partial charge >= 0.3 is 6.03 Å². The molecular formula is C20H19Cl2N5O2. The van der Waals surface area contributed by atoms with Crippen molar-refractivity contribution in [1.29, 1.82) is 0 Å². The van der Waals surface area contributed by atoms with Crippen LogP contribution in [0, 0.1) is 6.92 Å². The molecule has 4 rings (SSSR count). The number of anilines is 1. The number of halogens is 2. The number of carbonyl (C=O) groups excluding carboxylic acids is 1. The summed E-state index contributed by atoms with van der Waals surface area (Å²) in [6, 6.07) is 8.59. The van der Waals surface area contributed by atoms with E-state index in [1.807, 2.05) is 19.1 Å². The molecule has 9 heteroatoms. The molecule has 0 saturated carbocycles. The number of nitrogens with zero attached hydrogens (tertiary/aromatic N) is 4. The highest BCUT2D eigenvalue weighted by Crippen LogP contribution is 2.30. The summed E-state index contributed by atoms with van der Waals surface area (Å²) < 4.78 is 5.48. The second-order valence-corrected chi connectivity index (χ2v) is 7.78. The minimum atomic E-state index is -0.206. The zero-order chi connectivity index (χ0) is 20.4. The van der Waals surface area contributed by atoms with Crippen LogP contribution >= 0.6 is 23.2 Å². The molecular weight excluding hydrogens is 413 g/mol. The maximum Gasteiger partial charge on any atom is 0.321 e. The summed E-state index contributed by atoms with van der Waals surface area (Å²) in [5.41, 5.74) is 2.21. The van der Waals surface area contributed by atoms with E-state index in [0.717, 1.165) is 24.1 Å². The second-order valence-electron chi connectivity index (χ2n) is 6.94. The number of pyridine rings is 1. The van der Waals surface area contributed by atoms with Crippen molar-refractivity contribution >= 4 is 34.9 Å². The predicted molar refractivity (Wildman–Crippen MR) is 111 cm³/mol. The van der Waals surface area contributed by atoms with Crippen LogP contribution in [-0.2, 0) is 0 Å². The zero-order valence-corrected chi connectivity index (χ0v) is 17.2. The number of nitrogens with one attached hydrogen (secondary N) is 1. The molecule has 0 unspecified atom stereocenters. The summed E-state index contributed by atoms with van der Waals surface area (Å²) in [5.74, 6) is 1.19. The lowest BCUT2D eigenvalue weighted by Gasteiger charge is -2.30. The third-order valence-corrected chi connectivity index (χ3v) is 5.53. The molecule has 0 radical (unpaired) electrons. The summed E-state index contributed by atoms with van der Waals surface area (Å²) in [6.07, 6.45) is 3.18. The Labute approximate surface area is 178 Å². The third-order valence-electron chi connectivity index (χ3n) is 4.96. The number of piperidine rings is 1. The summed E-state index contributed by atoms with van der Waals surface area (Å²) in [7, 11) is 0. The van der Waals surface area contributed by atoms with E-state index in [4.69, 9.17) is 27.7 Å². The van der Waals surface area contributed by atoms with Crippen molar-refractivity contribution < 1.29 is 9.32 Å². The first kappa shape index (κ1) is 19.7. The Balaban J connectivity index is 1.38. The van der Waals surface area contributed by atoms with E-state index >= 15 is 0 Å². The maximum atomic E-state index is 12.6. The van der Waals surface area contributed by atoms with Crippen molar-refractivity contribution in [2.75, 3.05) is 18.4 Å². The SMILES string of the molecule is Cc1cccnc1-c1noc(C2CCN(C(=O)Nc3cc(Cl)ccc3Cl)CC2)n1. The first-order chi connectivity index (χ1) is 14.0. The molecule has 29 heavy (non-hydrogen) atoms. The number of aromatic nitrogens is 3. The van der Waals surface area contributed by atoms with Crippen molar-refractivity contribution in [3.05, 3.63) is 58.0 Å². The normalized spacial score (nSPS) is 14.8. The Kier molecular flexibility index (Phi) is 5.69. The van der Waals surface area contributed by atoms with Gasteiger partial charge < -0.3 is 14.7 Å². The van der Waals surface area contributed by atoms with Crippen molar-refractivity contribution in [2.45, 2.75) is 25.7 Å². The standard InChI is InChI=1S/C20H19Cl2N5O2/c1-12-3-2-8-23-17(12)18-25-19(29-26-18)13-6-9-27(10-7-13)20(28)24-16-11-14(21)4-5-15(16)22/h2-5,8,11,13H,6-7,9-10H2,1H3,(H,24,28). The minimum absolute atomic E-state index is 0.110. The van der Waals surface area contributed by atoms with E-state index in [0.29, 0.717) is 40.5 Å². The fourth-order valence-corrected chi connectivity index (χ4v) is 3.67. The van der Waals surface area contributed by atoms with Gasteiger partial charge in [-0.2, -0.15) is 4.98 Å².